The van der Waals surface area contributed by atoms with Crippen molar-refractivity contribution in [1.29, 1.82) is 0 Å². The lowest BCUT2D eigenvalue weighted by Crippen LogP contribution is -2.57. The quantitative estimate of drug-likeness (QED) is 0.188. The van der Waals surface area contributed by atoms with Crippen LogP contribution in [0.15, 0.2) is 30.5 Å². The molecular weight excluding hydrogens is 482 g/mol. The van der Waals surface area contributed by atoms with Gasteiger partial charge in [-0.15, -0.1) is 0 Å². The minimum atomic E-state index is -1.46. The molecule has 2 rings (SSSR count). The minimum absolute atomic E-state index is 0.0164. The summed E-state index contributed by atoms with van der Waals surface area (Å²) in [5, 5.41) is 26.8. The van der Waals surface area contributed by atoms with E-state index in [1.807, 2.05) is 38.1 Å². The van der Waals surface area contributed by atoms with Gasteiger partial charge in [-0.3, -0.25) is 19.2 Å². The van der Waals surface area contributed by atoms with Gasteiger partial charge in [0.2, 0.25) is 17.7 Å². The molecule has 3 amide bonds. The number of hydrogen-bond donors (Lipinski definition) is 7. The average Bonchev–Trinajstić information content (AvgIpc) is 3.22. The van der Waals surface area contributed by atoms with Crippen LogP contribution in [0.3, 0.4) is 0 Å². The first-order valence-corrected chi connectivity index (χ1v) is 12.0. The number of carbonyl (C=O) groups excluding carboxylic acids is 3. The molecule has 2 aromatic rings. The number of aliphatic carboxylic acids is 2. The van der Waals surface area contributed by atoms with Crippen LogP contribution < -0.4 is 21.7 Å². The molecule has 0 saturated heterocycles. The van der Waals surface area contributed by atoms with Gasteiger partial charge in [0.25, 0.3) is 0 Å². The summed E-state index contributed by atoms with van der Waals surface area (Å²) in [7, 11) is 0. The number of para-hydroxylation sites is 1. The van der Waals surface area contributed by atoms with Crippen LogP contribution in [-0.2, 0) is 30.4 Å². The summed E-state index contributed by atoms with van der Waals surface area (Å²) >= 11 is 0. The molecule has 0 bridgehead atoms. The molecule has 0 radical (unpaired) electrons. The Kier molecular flexibility index (Phi) is 10.6. The van der Waals surface area contributed by atoms with E-state index < -0.39 is 60.2 Å². The van der Waals surface area contributed by atoms with Gasteiger partial charge >= 0.3 is 11.9 Å². The second-order valence-corrected chi connectivity index (χ2v) is 9.44. The Morgan fingerprint density at radius 1 is 0.892 bits per heavy atom. The zero-order valence-corrected chi connectivity index (χ0v) is 21.1. The van der Waals surface area contributed by atoms with E-state index in [0.717, 1.165) is 10.9 Å². The summed E-state index contributed by atoms with van der Waals surface area (Å²) in [5.41, 5.74) is 7.15. The number of hydrogen-bond acceptors (Lipinski definition) is 6. The molecule has 0 aliphatic heterocycles. The molecule has 12 nitrogen and oxygen atoms in total. The number of nitrogens with two attached hydrogens (primary N) is 1. The van der Waals surface area contributed by atoms with Crippen molar-refractivity contribution in [2.24, 2.45) is 11.7 Å². The Bertz CT molecular complexity index is 1130. The molecule has 0 saturated carbocycles. The maximum absolute atomic E-state index is 13.2. The zero-order chi connectivity index (χ0) is 27.7. The summed E-state index contributed by atoms with van der Waals surface area (Å²) in [4.78, 5) is 64.3. The highest BCUT2D eigenvalue weighted by atomic mass is 16.4. The van der Waals surface area contributed by atoms with E-state index in [4.69, 9.17) is 10.8 Å². The van der Waals surface area contributed by atoms with Crippen LogP contribution in [0.1, 0.15) is 45.6 Å². The van der Waals surface area contributed by atoms with Crippen molar-refractivity contribution < 1.29 is 34.2 Å². The van der Waals surface area contributed by atoms with E-state index in [2.05, 4.69) is 20.9 Å². The molecule has 4 atom stereocenters. The van der Waals surface area contributed by atoms with Crippen molar-refractivity contribution in [3.05, 3.63) is 36.0 Å². The third kappa shape index (κ3) is 8.90. The van der Waals surface area contributed by atoms with Crippen LogP contribution in [0.2, 0.25) is 0 Å². The molecule has 1 heterocycles. The normalized spacial score (nSPS) is 14.4. The topological polar surface area (TPSA) is 204 Å². The Morgan fingerprint density at radius 3 is 2.08 bits per heavy atom. The summed E-state index contributed by atoms with van der Waals surface area (Å²) in [5.74, 6) is -4.52. The predicted octanol–water partition coefficient (Wildman–Crippen LogP) is 0.508. The fraction of sp³-hybridized carbons (Fsp3) is 0.480. The highest BCUT2D eigenvalue weighted by molar-refractivity contribution is 5.94. The number of nitrogens with one attached hydrogen (secondary N) is 4. The zero-order valence-electron chi connectivity index (χ0n) is 21.1. The fourth-order valence-corrected chi connectivity index (χ4v) is 3.81. The second kappa shape index (κ2) is 13.4. The van der Waals surface area contributed by atoms with Gasteiger partial charge in [-0.2, -0.15) is 0 Å². The lowest BCUT2D eigenvalue weighted by molar-refractivity contribution is -0.143. The standard InChI is InChI=1S/C25H35N5O7/c1-13(2)10-19(29-22(33)14(3)26)23(34)30-20(11-15-12-27-17-7-5-4-6-16(15)17)24(35)28-18(25(36)37)8-9-21(31)32/h4-7,12-14,18-20,27H,8-11,26H2,1-3H3,(H,28,35)(H,29,33)(H,30,34)(H,31,32)(H,36,37). The second-order valence-electron chi connectivity index (χ2n) is 9.44. The smallest absolute Gasteiger partial charge is 0.326 e. The molecule has 1 aromatic heterocycles. The molecule has 0 fully saturated rings. The summed E-state index contributed by atoms with van der Waals surface area (Å²) in [6.45, 7) is 5.22. The lowest BCUT2D eigenvalue weighted by atomic mass is 10.00. The highest BCUT2D eigenvalue weighted by Crippen LogP contribution is 2.19. The first-order chi connectivity index (χ1) is 17.4. The first kappa shape index (κ1) is 29.3. The molecule has 1 aromatic carbocycles. The Hall–Kier alpha value is -3.93. The van der Waals surface area contributed by atoms with Gasteiger partial charge < -0.3 is 36.9 Å². The lowest BCUT2D eigenvalue weighted by Gasteiger charge is -2.25. The van der Waals surface area contributed by atoms with Crippen LogP contribution in [0.5, 0.6) is 0 Å². The number of H-pyrrole nitrogens is 1. The number of aromatic nitrogens is 1. The predicted molar refractivity (Wildman–Crippen MR) is 135 cm³/mol. The molecule has 202 valence electrons. The molecule has 0 aliphatic rings. The summed E-state index contributed by atoms with van der Waals surface area (Å²) in [6, 6.07) is 2.86. The molecule has 4 unspecified atom stereocenters. The Balaban J connectivity index is 2.32. The number of fused-ring (bicyclic) bond motifs is 1. The maximum Gasteiger partial charge on any atom is 0.326 e. The number of carbonyl (C=O) groups is 5. The number of amides is 3. The summed E-state index contributed by atoms with van der Waals surface area (Å²) in [6.07, 6.45) is 1.20. The van der Waals surface area contributed by atoms with Gasteiger partial charge in [0.05, 0.1) is 6.04 Å². The monoisotopic (exact) mass is 517 g/mol. The number of carboxylic acids is 2. The van der Waals surface area contributed by atoms with Crippen molar-refractivity contribution >= 4 is 40.6 Å². The first-order valence-electron chi connectivity index (χ1n) is 12.0. The summed E-state index contributed by atoms with van der Waals surface area (Å²) < 4.78 is 0. The molecule has 0 aliphatic carbocycles. The van der Waals surface area contributed by atoms with E-state index in [-0.39, 0.29) is 25.2 Å². The van der Waals surface area contributed by atoms with E-state index in [0.29, 0.717) is 5.56 Å². The maximum atomic E-state index is 13.2. The van der Waals surface area contributed by atoms with Crippen molar-refractivity contribution in [2.75, 3.05) is 0 Å². The van der Waals surface area contributed by atoms with E-state index >= 15 is 0 Å². The SMILES string of the molecule is CC(C)CC(NC(=O)C(C)N)C(=O)NC(Cc1c[nH]c2ccccc12)C(=O)NC(CCC(=O)O)C(=O)O. The number of rotatable bonds is 14. The van der Waals surface area contributed by atoms with Crippen LogP contribution >= 0.6 is 0 Å². The van der Waals surface area contributed by atoms with E-state index in [1.54, 1.807) is 6.20 Å². The molecule has 12 heteroatoms. The number of aromatic amines is 1. The van der Waals surface area contributed by atoms with Crippen molar-refractivity contribution in [3.63, 3.8) is 0 Å². The van der Waals surface area contributed by atoms with Crippen molar-refractivity contribution in [3.8, 4) is 0 Å². The van der Waals surface area contributed by atoms with Crippen LogP contribution in [0.4, 0.5) is 0 Å². The number of benzene rings is 1. The Labute approximate surface area is 214 Å². The average molecular weight is 518 g/mol. The molecular formula is C25H35N5O7. The van der Waals surface area contributed by atoms with Gasteiger partial charge in [0.1, 0.15) is 18.1 Å². The molecule has 8 N–H and O–H groups in total. The Morgan fingerprint density at radius 2 is 1.49 bits per heavy atom. The molecule has 0 spiro atoms. The van der Waals surface area contributed by atoms with Gasteiger partial charge in [0, 0.05) is 29.9 Å². The third-order valence-electron chi connectivity index (χ3n) is 5.75. The third-order valence-corrected chi connectivity index (χ3v) is 5.75. The molecule has 37 heavy (non-hydrogen) atoms. The van der Waals surface area contributed by atoms with Gasteiger partial charge in [-0.05, 0) is 37.3 Å². The highest BCUT2D eigenvalue weighted by Gasteiger charge is 2.31. The number of carboxylic acid groups (broad SMARTS) is 2. The van der Waals surface area contributed by atoms with Gasteiger partial charge in [-0.1, -0.05) is 32.0 Å². The van der Waals surface area contributed by atoms with Crippen molar-refractivity contribution in [1.82, 2.24) is 20.9 Å². The van der Waals surface area contributed by atoms with Gasteiger partial charge in [0.15, 0.2) is 0 Å². The van der Waals surface area contributed by atoms with E-state index in [9.17, 15) is 29.1 Å². The van der Waals surface area contributed by atoms with Crippen LogP contribution in [-0.4, -0.2) is 69.0 Å². The van der Waals surface area contributed by atoms with Gasteiger partial charge in [-0.25, -0.2) is 4.79 Å². The van der Waals surface area contributed by atoms with Crippen LogP contribution in [0.25, 0.3) is 10.9 Å². The van der Waals surface area contributed by atoms with Crippen LogP contribution in [0, 0.1) is 5.92 Å². The van der Waals surface area contributed by atoms with Crippen molar-refractivity contribution in [2.45, 2.75) is 70.6 Å². The fourth-order valence-electron chi connectivity index (χ4n) is 3.81. The largest absolute Gasteiger partial charge is 0.481 e. The van der Waals surface area contributed by atoms with E-state index in [1.165, 1.54) is 6.92 Å². The minimum Gasteiger partial charge on any atom is -0.481 e.